The van der Waals surface area contributed by atoms with Crippen LogP contribution in [-0.2, 0) is 0 Å². The van der Waals surface area contributed by atoms with Crippen LogP contribution in [-0.4, -0.2) is 40.7 Å². The second kappa shape index (κ2) is 4.56. The van der Waals surface area contributed by atoms with Crippen LogP contribution in [0.1, 0.15) is 38.1 Å². The number of rotatable bonds is 2. The zero-order valence-electron chi connectivity index (χ0n) is 12.0. The Hall–Kier alpha value is -1.49. The quantitative estimate of drug-likeness (QED) is 0.779. The van der Waals surface area contributed by atoms with Crippen LogP contribution in [0.25, 0.3) is 11.2 Å². The Balaban J connectivity index is 2.08. The highest BCUT2D eigenvalue weighted by molar-refractivity contribution is 5.81. The van der Waals surface area contributed by atoms with E-state index in [0.29, 0.717) is 10.5 Å². The Labute approximate surface area is 113 Å². The summed E-state index contributed by atoms with van der Waals surface area (Å²) in [6, 6.07) is 0.564. The number of aromatic nitrogens is 4. The van der Waals surface area contributed by atoms with E-state index in [4.69, 9.17) is 0 Å². The summed E-state index contributed by atoms with van der Waals surface area (Å²) >= 11 is 0. The van der Waals surface area contributed by atoms with E-state index >= 15 is 0 Å². The molecule has 0 aliphatic heterocycles. The highest BCUT2D eigenvalue weighted by Gasteiger charge is 2.24. The molecule has 0 N–H and O–H groups in total. The fraction of sp³-hybridized carbons (Fsp3) is 0.643. The summed E-state index contributed by atoms with van der Waals surface area (Å²) < 4.78 is 2.93. The molecule has 0 bridgehead atoms. The third-order valence-electron chi connectivity index (χ3n) is 3.94. The van der Waals surface area contributed by atoms with Crippen molar-refractivity contribution in [3.8, 4) is 0 Å². The molecule has 1 aliphatic carbocycles. The van der Waals surface area contributed by atoms with Gasteiger partial charge in [-0.25, -0.2) is 9.97 Å². The summed E-state index contributed by atoms with van der Waals surface area (Å²) in [7, 11) is 6.34. The van der Waals surface area contributed by atoms with Crippen LogP contribution < -0.4 is 4.48 Å². The molecule has 2 heterocycles. The van der Waals surface area contributed by atoms with Crippen molar-refractivity contribution in [3.63, 3.8) is 0 Å². The summed E-state index contributed by atoms with van der Waals surface area (Å²) in [4.78, 5) is 13.5. The van der Waals surface area contributed by atoms with Crippen molar-refractivity contribution < 1.29 is 0 Å². The van der Waals surface area contributed by atoms with Crippen molar-refractivity contribution in [1.29, 1.82) is 0 Å². The normalized spacial score (nSPS) is 18.1. The summed E-state index contributed by atoms with van der Waals surface area (Å²) in [5.41, 5.74) is 1.94. The standard InChI is InChI=1S/C14H22N5/c1-19(2,3)14-12-13(15-9-16-14)18(10-17-12)11-7-5-4-6-8-11/h9-11H,4-8H2,1-3H3/q+1. The first-order valence-electron chi connectivity index (χ1n) is 7.07. The lowest BCUT2D eigenvalue weighted by Crippen LogP contribution is -2.36. The average molecular weight is 260 g/mol. The smallest absolute Gasteiger partial charge is 0.258 e. The molecule has 0 aromatic carbocycles. The average Bonchev–Trinajstić information content (AvgIpc) is 2.82. The number of nitrogens with zero attached hydrogens (tertiary/aromatic N) is 5. The van der Waals surface area contributed by atoms with Crippen molar-refractivity contribution in [2.24, 2.45) is 0 Å². The Kier molecular flexibility index (Phi) is 3.01. The Morgan fingerprint density at radius 2 is 1.79 bits per heavy atom. The SMILES string of the molecule is C[N+](C)(C)c1ncnc2c1ncn2C1CCCCC1. The zero-order valence-corrected chi connectivity index (χ0v) is 12.0. The molecule has 5 heteroatoms. The molecule has 0 atom stereocenters. The molecule has 0 unspecified atom stereocenters. The van der Waals surface area contributed by atoms with Crippen LogP contribution in [0.4, 0.5) is 5.82 Å². The maximum absolute atomic E-state index is 4.58. The van der Waals surface area contributed by atoms with Gasteiger partial charge >= 0.3 is 0 Å². The molecule has 0 amide bonds. The highest BCUT2D eigenvalue weighted by atomic mass is 15.3. The first-order chi connectivity index (χ1) is 9.07. The predicted molar refractivity (Wildman–Crippen MR) is 77.0 cm³/mol. The predicted octanol–water partition coefficient (Wildman–Crippen LogP) is 2.53. The maximum atomic E-state index is 4.58. The van der Waals surface area contributed by atoms with Crippen LogP contribution in [0.5, 0.6) is 0 Å². The molecule has 1 fully saturated rings. The van der Waals surface area contributed by atoms with Crippen LogP contribution >= 0.6 is 0 Å². The van der Waals surface area contributed by atoms with E-state index in [2.05, 4.69) is 40.7 Å². The first-order valence-corrected chi connectivity index (χ1v) is 7.07. The van der Waals surface area contributed by atoms with E-state index in [0.717, 1.165) is 17.0 Å². The molecule has 0 radical (unpaired) electrons. The molecule has 19 heavy (non-hydrogen) atoms. The molecule has 102 valence electrons. The summed E-state index contributed by atoms with van der Waals surface area (Å²) in [6.07, 6.45) is 10.1. The van der Waals surface area contributed by atoms with E-state index in [1.54, 1.807) is 6.33 Å². The minimum Gasteiger partial charge on any atom is -0.312 e. The number of hydrogen-bond acceptors (Lipinski definition) is 3. The zero-order chi connectivity index (χ0) is 13.5. The minimum atomic E-state index is 0.564. The van der Waals surface area contributed by atoms with Gasteiger partial charge in [-0.3, -0.25) is 4.48 Å². The topological polar surface area (TPSA) is 43.6 Å². The Bertz CT molecular complexity index is 575. The number of imidazole rings is 1. The third-order valence-corrected chi connectivity index (χ3v) is 3.94. The van der Waals surface area contributed by atoms with Gasteiger partial charge in [0.2, 0.25) is 0 Å². The number of quaternary nitrogens is 1. The molecular weight excluding hydrogens is 238 g/mol. The molecule has 3 rings (SSSR count). The summed E-state index contributed by atoms with van der Waals surface area (Å²) in [5, 5.41) is 0. The van der Waals surface area contributed by atoms with Gasteiger partial charge in [0.1, 0.15) is 6.33 Å². The molecule has 1 saturated carbocycles. The Morgan fingerprint density at radius 3 is 2.47 bits per heavy atom. The third kappa shape index (κ3) is 2.23. The van der Waals surface area contributed by atoms with E-state index in [1.165, 1.54) is 32.1 Å². The largest absolute Gasteiger partial charge is 0.312 e. The monoisotopic (exact) mass is 260 g/mol. The van der Waals surface area contributed by atoms with Crippen molar-refractivity contribution in [1.82, 2.24) is 24.0 Å². The van der Waals surface area contributed by atoms with E-state index in [1.807, 2.05) is 6.33 Å². The van der Waals surface area contributed by atoms with Crippen molar-refractivity contribution >= 4 is 17.0 Å². The minimum absolute atomic E-state index is 0.564. The van der Waals surface area contributed by atoms with Gasteiger partial charge in [-0.15, -0.1) is 0 Å². The second-order valence-corrected chi connectivity index (χ2v) is 6.33. The van der Waals surface area contributed by atoms with Gasteiger partial charge < -0.3 is 4.57 Å². The van der Waals surface area contributed by atoms with Gasteiger partial charge in [0, 0.05) is 6.04 Å². The summed E-state index contributed by atoms with van der Waals surface area (Å²) in [6.45, 7) is 0. The van der Waals surface area contributed by atoms with Crippen LogP contribution in [0.3, 0.4) is 0 Å². The fourth-order valence-corrected chi connectivity index (χ4v) is 2.96. The van der Waals surface area contributed by atoms with Gasteiger partial charge in [0.05, 0.1) is 27.5 Å². The van der Waals surface area contributed by atoms with Gasteiger partial charge in [-0.05, 0) is 12.8 Å². The Morgan fingerprint density at radius 1 is 1.05 bits per heavy atom. The lowest BCUT2D eigenvalue weighted by molar-refractivity contribution is 0.358. The molecular formula is C14H22N5+. The number of fused-ring (bicyclic) bond motifs is 1. The number of hydrogen-bond donors (Lipinski definition) is 0. The van der Waals surface area contributed by atoms with Crippen LogP contribution in [0.2, 0.25) is 0 Å². The summed E-state index contributed by atoms with van der Waals surface area (Å²) in [5.74, 6) is 0.986. The molecule has 2 aromatic heterocycles. The van der Waals surface area contributed by atoms with E-state index in [9.17, 15) is 0 Å². The lowest BCUT2D eigenvalue weighted by atomic mass is 9.95. The molecule has 0 saturated heterocycles. The first kappa shape index (κ1) is 12.5. The van der Waals surface area contributed by atoms with Crippen LogP contribution in [0, 0.1) is 0 Å². The van der Waals surface area contributed by atoms with Gasteiger partial charge in [0.15, 0.2) is 11.2 Å². The van der Waals surface area contributed by atoms with E-state index in [-0.39, 0.29) is 0 Å². The van der Waals surface area contributed by atoms with Gasteiger partial charge in [0.25, 0.3) is 5.82 Å². The molecule has 2 aromatic rings. The highest BCUT2D eigenvalue weighted by Crippen LogP contribution is 2.32. The van der Waals surface area contributed by atoms with Crippen molar-refractivity contribution in [2.45, 2.75) is 38.1 Å². The van der Waals surface area contributed by atoms with E-state index < -0.39 is 0 Å². The molecule has 0 spiro atoms. The van der Waals surface area contributed by atoms with Gasteiger partial charge in [-0.1, -0.05) is 19.3 Å². The van der Waals surface area contributed by atoms with Crippen molar-refractivity contribution in [2.75, 3.05) is 21.1 Å². The van der Waals surface area contributed by atoms with Gasteiger partial charge in [-0.2, -0.15) is 4.98 Å². The molecule has 1 aliphatic rings. The molecule has 5 nitrogen and oxygen atoms in total. The maximum Gasteiger partial charge on any atom is 0.258 e. The second-order valence-electron chi connectivity index (χ2n) is 6.33. The fourth-order valence-electron chi connectivity index (χ4n) is 2.96. The van der Waals surface area contributed by atoms with Crippen LogP contribution in [0.15, 0.2) is 12.7 Å². The lowest BCUT2D eigenvalue weighted by Gasteiger charge is -2.24. The van der Waals surface area contributed by atoms with Crippen molar-refractivity contribution in [3.05, 3.63) is 12.7 Å².